The van der Waals surface area contributed by atoms with Gasteiger partial charge in [0, 0.05) is 18.7 Å². The minimum atomic E-state index is -0.310. The quantitative estimate of drug-likeness (QED) is 0.878. The molecule has 2 aromatic rings. The molecule has 1 aromatic carbocycles. The molecule has 1 heterocycles. The number of hydrogen-bond donors (Lipinski definition) is 2. The number of H-pyrrole nitrogens is 1. The highest BCUT2D eigenvalue weighted by atomic mass is 19.1. The zero-order chi connectivity index (χ0) is 14.5. The Morgan fingerprint density at radius 1 is 1.45 bits per heavy atom. The molecule has 5 nitrogen and oxygen atoms in total. The maximum Gasteiger partial charge on any atom is 0.269 e. The van der Waals surface area contributed by atoms with E-state index in [0.717, 1.165) is 5.56 Å². The standard InChI is InChI=1S/C14H16FN3O2/c1-9(8-20-2)16-14(19)13-7-12(17-18-13)10-3-5-11(15)6-4-10/h3-7,9H,8H2,1-2H3,(H,16,19)(H,17,18). The van der Waals surface area contributed by atoms with Gasteiger partial charge in [-0.1, -0.05) is 0 Å². The highest BCUT2D eigenvalue weighted by Gasteiger charge is 2.13. The molecule has 0 aliphatic carbocycles. The van der Waals surface area contributed by atoms with Crippen molar-refractivity contribution in [3.8, 4) is 11.3 Å². The number of aromatic nitrogens is 2. The molecule has 1 atom stereocenters. The molecule has 2 rings (SSSR count). The van der Waals surface area contributed by atoms with Crippen LogP contribution in [-0.2, 0) is 4.74 Å². The van der Waals surface area contributed by atoms with Crippen LogP contribution in [0.2, 0.25) is 0 Å². The molecule has 0 aliphatic rings. The fraction of sp³-hybridized carbons (Fsp3) is 0.286. The number of nitrogens with one attached hydrogen (secondary N) is 2. The van der Waals surface area contributed by atoms with Crippen LogP contribution in [0.3, 0.4) is 0 Å². The van der Waals surface area contributed by atoms with E-state index in [1.54, 1.807) is 25.3 Å². The Morgan fingerprint density at radius 3 is 2.80 bits per heavy atom. The maximum absolute atomic E-state index is 12.8. The topological polar surface area (TPSA) is 67.0 Å². The van der Waals surface area contributed by atoms with Gasteiger partial charge in [-0.2, -0.15) is 5.10 Å². The van der Waals surface area contributed by atoms with Gasteiger partial charge < -0.3 is 10.1 Å². The van der Waals surface area contributed by atoms with E-state index in [-0.39, 0.29) is 17.8 Å². The van der Waals surface area contributed by atoms with Crippen LogP contribution >= 0.6 is 0 Å². The van der Waals surface area contributed by atoms with Crippen LogP contribution in [-0.4, -0.2) is 35.9 Å². The lowest BCUT2D eigenvalue weighted by atomic mass is 10.1. The summed E-state index contributed by atoms with van der Waals surface area (Å²) in [5, 5.41) is 9.50. The Kier molecular flexibility index (Phi) is 4.47. The third kappa shape index (κ3) is 3.42. The molecule has 0 saturated carbocycles. The molecule has 1 unspecified atom stereocenters. The summed E-state index contributed by atoms with van der Waals surface area (Å²) in [6, 6.07) is 7.46. The molecule has 2 N–H and O–H groups in total. The van der Waals surface area contributed by atoms with Crippen molar-refractivity contribution >= 4 is 5.91 Å². The van der Waals surface area contributed by atoms with Crippen LogP contribution in [0.1, 0.15) is 17.4 Å². The number of carbonyl (C=O) groups is 1. The zero-order valence-electron chi connectivity index (χ0n) is 11.3. The lowest BCUT2D eigenvalue weighted by molar-refractivity contribution is 0.0900. The lowest BCUT2D eigenvalue weighted by Crippen LogP contribution is -2.35. The van der Waals surface area contributed by atoms with Crippen molar-refractivity contribution in [3.05, 3.63) is 41.8 Å². The van der Waals surface area contributed by atoms with Crippen LogP contribution in [0.25, 0.3) is 11.3 Å². The summed E-state index contributed by atoms with van der Waals surface area (Å²) in [7, 11) is 1.57. The molecule has 1 aromatic heterocycles. The Morgan fingerprint density at radius 2 is 2.15 bits per heavy atom. The van der Waals surface area contributed by atoms with Gasteiger partial charge in [0.15, 0.2) is 0 Å². The van der Waals surface area contributed by atoms with Crippen LogP contribution < -0.4 is 5.32 Å². The van der Waals surface area contributed by atoms with Crippen LogP contribution in [0.15, 0.2) is 30.3 Å². The molecule has 0 spiro atoms. The number of benzene rings is 1. The Hall–Kier alpha value is -2.21. The normalized spacial score (nSPS) is 12.2. The summed E-state index contributed by atoms with van der Waals surface area (Å²) in [6.45, 7) is 2.28. The van der Waals surface area contributed by atoms with Crippen LogP contribution in [0, 0.1) is 5.82 Å². The summed E-state index contributed by atoms with van der Waals surface area (Å²) in [5.74, 6) is -0.564. The van der Waals surface area contributed by atoms with E-state index in [9.17, 15) is 9.18 Å². The minimum absolute atomic E-state index is 0.0925. The second-order valence-electron chi connectivity index (χ2n) is 4.50. The number of ether oxygens (including phenoxy) is 1. The number of aromatic amines is 1. The first-order chi connectivity index (χ1) is 9.60. The van der Waals surface area contributed by atoms with Gasteiger partial charge in [-0.15, -0.1) is 0 Å². The Bertz CT molecular complexity index is 580. The predicted octanol–water partition coefficient (Wildman–Crippen LogP) is 1.98. The molecule has 0 fully saturated rings. The minimum Gasteiger partial charge on any atom is -0.383 e. The molecule has 106 valence electrons. The molecular formula is C14H16FN3O2. The van der Waals surface area contributed by atoms with Crippen LogP contribution in [0.4, 0.5) is 4.39 Å². The summed E-state index contributed by atoms with van der Waals surface area (Å²) in [5.41, 5.74) is 1.69. The van der Waals surface area contributed by atoms with Crippen molar-refractivity contribution < 1.29 is 13.9 Å². The highest BCUT2D eigenvalue weighted by molar-refractivity contribution is 5.93. The van der Waals surface area contributed by atoms with Gasteiger partial charge in [-0.05, 0) is 37.3 Å². The van der Waals surface area contributed by atoms with Gasteiger partial charge in [0.1, 0.15) is 11.5 Å². The zero-order valence-corrected chi connectivity index (χ0v) is 11.3. The largest absolute Gasteiger partial charge is 0.383 e. The number of methoxy groups -OCH3 is 1. The SMILES string of the molecule is COCC(C)NC(=O)c1cc(-c2ccc(F)cc2)n[nH]1. The number of hydrogen-bond acceptors (Lipinski definition) is 3. The van der Waals surface area contributed by atoms with E-state index < -0.39 is 0 Å². The van der Waals surface area contributed by atoms with Crippen molar-refractivity contribution in [1.29, 1.82) is 0 Å². The van der Waals surface area contributed by atoms with E-state index >= 15 is 0 Å². The van der Waals surface area contributed by atoms with E-state index in [4.69, 9.17) is 4.74 Å². The van der Waals surface area contributed by atoms with Gasteiger partial charge in [-0.25, -0.2) is 4.39 Å². The van der Waals surface area contributed by atoms with Crippen molar-refractivity contribution in [1.82, 2.24) is 15.5 Å². The number of rotatable bonds is 5. The predicted molar refractivity (Wildman–Crippen MR) is 72.8 cm³/mol. The van der Waals surface area contributed by atoms with Crippen molar-refractivity contribution in [3.63, 3.8) is 0 Å². The average molecular weight is 277 g/mol. The third-order valence-corrected chi connectivity index (χ3v) is 2.76. The number of carbonyl (C=O) groups excluding carboxylic acids is 1. The summed E-state index contributed by atoms with van der Waals surface area (Å²) < 4.78 is 17.8. The fourth-order valence-corrected chi connectivity index (χ4v) is 1.80. The number of amides is 1. The highest BCUT2D eigenvalue weighted by Crippen LogP contribution is 2.17. The average Bonchev–Trinajstić information content (AvgIpc) is 2.89. The van der Waals surface area contributed by atoms with Gasteiger partial charge in [0.25, 0.3) is 5.91 Å². The molecule has 0 saturated heterocycles. The first kappa shape index (κ1) is 14.2. The molecule has 20 heavy (non-hydrogen) atoms. The van der Waals surface area contributed by atoms with Crippen molar-refractivity contribution in [2.24, 2.45) is 0 Å². The van der Waals surface area contributed by atoms with Crippen molar-refractivity contribution in [2.75, 3.05) is 13.7 Å². The Labute approximate surface area is 116 Å². The molecule has 6 heteroatoms. The van der Waals surface area contributed by atoms with Gasteiger partial charge in [-0.3, -0.25) is 9.89 Å². The summed E-state index contributed by atoms with van der Waals surface area (Å²) in [4.78, 5) is 11.9. The van der Waals surface area contributed by atoms with E-state index in [2.05, 4.69) is 15.5 Å². The van der Waals surface area contributed by atoms with Gasteiger partial charge >= 0.3 is 0 Å². The molecule has 0 bridgehead atoms. The first-order valence-electron chi connectivity index (χ1n) is 6.21. The van der Waals surface area contributed by atoms with E-state index in [0.29, 0.717) is 18.0 Å². The second-order valence-corrected chi connectivity index (χ2v) is 4.50. The number of halogens is 1. The van der Waals surface area contributed by atoms with E-state index in [1.165, 1.54) is 12.1 Å². The van der Waals surface area contributed by atoms with Crippen molar-refractivity contribution in [2.45, 2.75) is 13.0 Å². The first-order valence-corrected chi connectivity index (χ1v) is 6.21. The van der Waals surface area contributed by atoms with Crippen LogP contribution in [0.5, 0.6) is 0 Å². The fourth-order valence-electron chi connectivity index (χ4n) is 1.80. The monoisotopic (exact) mass is 277 g/mol. The van der Waals surface area contributed by atoms with Gasteiger partial charge in [0.2, 0.25) is 0 Å². The Balaban J connectivity index is 2.08. The molecule has 0 radical (unpaired) electrons. The molecule has 0 aliphatic heterocycles. The maximum atomic E-state index is 12.8. The summed E-state index contributed by atoms with van der Waals surface area (Å²) >= 11 is 0. The second kappa shape index (κ2) is 6.29. The molecular weight excluding hydrogens is 261 g/mol. The van der Waals surface area contributed by atoms with Gasteiger partial charge in [0.05, 0.1) is 12.3 Å². The summed E-state index contributed by atoms with van der Waals surface area (Å²) in [6.07, 6.45) is 0. The molecule has 1 amide bonds. The smallest absolute Gasteiger partial charge is 0.269 e. The lowest BCUT2D eigenvalue weighted by Gasteiger charge is -2.11. The van der Waals surface area contributed by atoms with E-state index in [1.807, 2.05) is 6.92 Å². The number of nitrogens with zero attached hydrogens (tertiary/aromatic N) is 1. The third-order valence-electron chi connectivity index (χ3n) is 2.76.